The zero-order chi connectivity index (χ0) is 11.5. The third-order valence-electron chi connectivity index (χ3n) is 2.25. The van der Waals surface area contributed by atoms with Crippen LogP contribution < -0.4 is 4.74 Å². The highest BCUT2D eigenvalue weighted by molar-refractivity contribution is 5.40. The van der Waals surface area contributed by atoms with Crippen LogP contribution in [0.25, 0.3) is 5.69 Å². The molecule has 0 bridgehead atoms. The summed E-state index contributed by atoms with van der Waals surface area (Å²) in [6.07, 6.45) is 1.55. The van der Waals surface area contributed by atoms with Gasteiger partial charge in [0.25, 0.3) is 0 Å². The zero-order valence-electron chi connectivity index (χ0n) is 8.79. The largest absolute Gasteiger partial charge is 0.508 e. The van der Waals surface area contributed by atoms with Crippen LogP contribution in [0.3, 0.4) is 0 Å². The molecule has 84 valence electrons. The van der Waals surface area contributed by atoms with Gasteiger partial charge in [-0.15, -0.1) is 0 Å². The molecule has 0 radical (unpaired) electrons. The molecule has 0 amide bonds. The fourth-order valence-electron chi connectivity index (χ4n) is 1.47. The first-order chi connectivity index (χ1) is 7.76. The lowest BCUT2D eigenvalue weighted by Crippen LogP contribution is -2.00. The maximum atomic E-state index is 9.18. The Labute approximate surface area is 92.5 Å². The van der Waals surface area contributed by atoms with Crippen molar-refractivity contribution >= 4 is 0 Å². The minimum Gasteiger partial charge on any atom is -0.508 e. The van der Waals surface area contributed by atoms with E-state index >= 15 is 0 Å². The summed E-state index contributed by atoms with van der Waals surface area (Å²) < 4.78 is 6.73. The molecule has 1 heterocycles. The summed E-state index contributed by atoms with van der Waals surface area (Å²) >= 11 is 0. The Morgan fingerprint density at radius 2 is 2.00 bits per heavy atom. The van der Waals surface area contributed by atoms with Crippen molar-refractivity contribution in [3.63, 3.8) is 0 Å². The molecule has 2 rings (SSSR count). The summed E-state index contributed by atoms with van der Waals surface area (Å²) in [5, 5.41) is 22.4. The van der Waals surface area contributed by atoms with E-state index in [4.69, 9.17) is 9.84 Å². The minimum atomic E-state index is -0.124. The molecule has 1 aromatic carbocycles. The summed E-state index contributed by atoms with van der Waals surface area (Å²) in [6, 6.07) is 6.56. The molecular formula is C11H12N2O3. The number of aromatic nitrogens is 2. The Morgan fingerprint density at radius 1 is 1.31 bits per heavy atom. The van der Waals surface area contributed by atoms with E-state index in [0.29, 0.717) is 11.4 Å². The van der Waals surface area contributed by atoms with E-state index in [1.807, 2.05) is 0 Å². The molecule has 0 aliphatic heterocycles. The number of aromatic hydroxyl groups is 1. The van der Waals surface area contributed by atoms with E-state index in [1.165, 1.54) is 7.11 Å². The average Bonchev–Trinajstić information content (AvgIpc) is 2.72. The summed E-state index contributed by atoms with van der Waals surface area (Å²) in [7, 11) is 1.52. The molecule has 1 aromatic heterocycles. The number of nitrogens with zero attached hydrogens (tertiary/aromatic N) is 2. The average molecular weight is 220 g/mol. The van der Waals surface area contributed by atoms with Crippen LogP contribution in [0, 0.1) is 0 Å². The van der Waals surface area contributed by atoms with Crippen molar-refractivity contribution in [1.29, 1.82) is 0 Å². The first-order valence-electron chi connectivity index (χ1n) is 4.77. The lowest BCUT2D eigenvalue weighted by Gasteiger charge is -2.07. The number of aliphatic hydroxyl groups excluding tert-OH is 1. The van der Waals surface area contributed by atoms with E-state index in [-0.39, 0.29) is 12.4 Å². The summed E-state index contributed by atoms with van der Waals surface area (Å²) in [4.78, 5) is 0. The molecule has 5 nitrogen and oxygen atoms in total. The highest BCUT2D eigenvalue weighted by Crippen LogP contribution is 2.23. The van der Waals surface area contributed by atoms with E-state index < -0.39 is 0 Å². The molecule has 0 saturated heterocycles. The van der Waals surface area contributed by atoms with Crippen molar-refractivity contribution in [3.05, 3.63) is 36.0 Å². The Balaban J connectivity index is 2.47. The van der Waals surface area contributed by atoms with Crippen LogP contribution in [0.15, 0.2) is 30.5 Å². The van der Waals surface area contributed by atoms with Gasteiger partial charge in [-0.2, -0.15) is 5.10 Å². The van der Waals surface area contributed by atoms with Crippen LogP contribution in [0.2, 0.25) is 0 Å². The monoisotopic (exact) mass is 220 g/mol. The third kappa shape index (κ3) is 1.72. The van der Waals surface area contributed by atoms with Crippen LogP contribution in [-0.4, -0.2) is 27.1 Å². The van der Waals surface area contributed by atoms with Gasteiger partial charge in [0.05, 0.1) is 31.2 Å². The van der Waals surface area contributed by atoms with Crippen LogP contribution in [-0.2, 0) is 6.61 Å². The number of ether oxygens (including phenoxy) is 1. The Morgan fingerprint density at radius 3 is 2.56 bits per heavy atom. The lowest BCUT2D eigenvalue weighted by molar-refractivity contribution is 0.272. The zero-order valence-corrected chi connectivity index (χ0v) is 8.79. The number of rotatable bonds is 3. The number of hydrogen-bond acceptors (Lipinski definition) is 4. The fraction of sp³-hybridized carbons (Fsp3) is 0.182. The Hall–Kier alpha value is -2.01. The second-order valence-electron chi connectivity index (χ2n) is 3.27. The molecular weight excluding hydrogens is 208 g/mol. The van der Waals surface area contributed by atoms with Crippen LogP contribution >= 0.6 is 0 Å². The second-order valence-corrected chi connectivity index (χ2v) is 3.27. The SMILES string of the molecule is COc1c(CO)cnn1-c1ccc(O)cc1. The molecule has 5 heteroatoms. The van der Waals surface area contributed by atoms with E-state index in [1.54, 1.807) is 35.1 Å². The molecule has 0 atom stereocenters. The molecule has 0 aliphatic rings. The number of benzene rings is 1. The molecule has 0 saturated carbocycles. The van der Waals surface area contributed by atoms with E-state index in [2.05, 4.69) is 5.10 Å². The molecule has 0 spiro atoms. The molecule has 2 N–H and O–H groups in total. The van der Waals surface area contributed by atoms with Gasteiger partial charge in [-0.1, -0.05) is 0 Å². The van der Waals surface area contributed by atoms with E-state index in [0.717, 1.165) is 5.69 Å². The Bertz CT molecular complexity index is 476. The normalized spacial score (nSPS) is 10.4. The van der Waals surface area contributed by atoms with E-state index in [9.17, 15) is 5.11 Å². The molecule has 0 fully saturated rings. The van der Waals surface area contributed by atoms with Crippen LogP contribution in [0.5, 0.6) is 11.6 Å². The number of hydrogen-bond donors (Lipinski definition) is 2. The van der Waals surface area contributed by atoms with Crippen molar-refractivity contribution < 1.29 is 14.9 Å². The van der Waals surface area contributed by atoms with Crippen molar-refractivity contribution in [2.45, 2.75) is 6.61 Å². The Kier molecular flexibility index (Phi) is 2.78. The summed E-state index contributed by atoms with van der Waals surface area (Å²) in [5.41, 5.74) is 1.38. The first kappa shape index (κ1) is 10.5. The van der Waals surface area contributed by atoms with Crippen LogP contribution in [0.4, 0.5) is 0 Å². The number of methoxy groups -OCH3 is 1. The molecule has 0 aliphatic carbocycles. The smallest absolute Gasteiger partial charge is 0.222 e. The van der Waals surface area contributed by atoms with Crippen molar-refractivity contribution in [3.8, 4) is 17.3 Å². The van der Waals surface area contributed by atoms with Crippen molar-refractivity contribution in [2.75, 3.05) is 7.11 Å². The minimum absolute atomic E-state index is 0.124. The first-order valence-corrected chi connectivity index (χ1v) is 4.77. The van der Waals surface area contributed by atoms with Gasteiger partial charge in [0.15, 0.2) is 0 Å². The predicted molar refractivity (Wildman–Crippen MR) is 57.7 cm³/mol. The topological polar surface area (TPSA) is 67.5 Å². The van der Waals surface area contributed by atoms with Gasteiger partial charge in [-0.3, -0.25) is 0 Å². The summed E-state index contributed by atoms with van der Waals surface area (Å²) in [5.74, 6) is 0.686. The van der Waals surface area contributed by atoms with Gasteiger partial charge in [0.1, 0.15) is 5.75 Å². The number of aliphatic hydroxyl groups is 1. The van der Waals surface area contributed by atoms with Gasteiger partial charge in [-0.25, -0.2) is 4.68 Å². The number of phenols is 1. The maximum Gasteiger partial charge on any atom is 0.222 e. The third-order valence-corrected chi connectivity index (χ3v) is 2.25. The van der Waals surface area contributed by atoms with Gasteiger partial charge in [0, 0.05) is 0 Å². The quantitative estimate of drug-likeness (QED) is 0.812. The van der Waals surface area contributed by atoms with Crippen molar-refractivity contribution in [1.82, 2.24) is 9.78 Å². The molecule has 0 unspecified atom stereocenters. The lowest BCUT2D eigenvalue weighted by atomic mass is 10.3. The van der Waals surface area contributed by atoms with Gasteiger partial charge >= 0.3 is 0 Å². The predicted octanol–water partition coefficient (Wildman–Crippen LogP) is 1.08. The van der Waals surface area contributed by atoms with Crippen molar-refractivity contribution in [2.24, 2.45) is 0 Å². The highest BCUT2D eigenvalue weighted by atomic mass is 16.5. The molecule has 16 heavy (non-hydrogen) atoms. The van der Waals surface area contributed by atoms with Crippen LogP contribution in [0.1, 0.15) is 5.56 Å². The number of phenolic OH excluding ortho intramolecular Hbond substituents is 1. The maximum absolute atomic E-state index is 9.18. The van der Waals surface area contributed by atoms with Gasteiger partial charge in [0.2, 0.25) is 5.88 Å². The summed E-state index contributed by atoms with van der Waals surface area (Å²) in [6.45, 7) is -0.124. The fourth-order valence-corrected chi connectivity index (χ4v) is 1.47. The van der Waals surface area contributed by atoms with Gasteiger partial charge < -0.3 is 14.9 Å². The second kappa shape index (κ2) is 4.24. The molecule has 2 aromatic rings. The van der Waals surface area contributed by atoms with Gasteiger partial charge in [-0.05, 0) is 24.3 Å². The highest BCUT2D eigenvalue weighted by Gasteiger charge is 2.11. The standard InChI is InChI=1S/C11H12N2O3/c1-16-11-8(7-14)6-12-13(11)9-2-4-10(15)5-3-9/h2-6,14-15H,7H2,1H3.